The lowest BCUT2D eigenvalue weighted by atomic mass is 10.1. The molecule has 0 fully saturated rings. The molecule has 27 heavy (non-hydrogen) atoms. The van der Waals surface area contributed by atoms with Gasteiger partial charge in [-0.1, -0.05) is 29.8 Å². The standard InChI is InChI=1S/C20H22N2O4S/c1-4-22(18-8-6-5-7-15(18)3)27(25,26)12-11-21-19(23)16-10-9-14(2)13-17(16)20(21)24/h5-10,13H,4,11-12H2,1-3H3. The van der Waals surface area contributed by atoms with Gasteiger partial charge in [0.1, 0.15) is 0 Å². The zero-order valence-electron chi connectivity index (χ0n) is 15.6. The highest BCUT2D eigenvalue weighted by atomic mass is 32.2. The first-order chi connectivity index (χ1) is 12.8. The van der Waals surface area contributed by atoms with Crippen LogP contribution in [0.15, 0.2) is 42.5 Å². The molecular weight excluding hydrogens is 364 g/mol. The number of rotatable bonds is 6. The van der Waals surface area contributed by atoms with E-state index in [4.69, 9.17) is 0 Å². The lowest BCUT2D eigenvalue weighted by Gasteiger charge is -2.25. The van der Waals surface area contributed by atoms with Gasteiger partial charge < -0.3 is 0 Å². The summed E-state index contributed by atoms with van der Waals surface area (Å²) in [6.45, 7) is 5.55. The Hall–Kier alpha value is -2.67. The van der Waals surface area contributed by atoms with Crippen LogP contribution in [0.2, 0.25) is 0 Å². The number of hydrogen-bond donors (Lipinski definition) is 0. The van der Waals surface area contributed by atoms with Gasteiger partial charge >= 0.3 is 0 Å². The van der Waals surface area contributed by atoms with E-state index in [1.807, 2.05) is 26.0 Å². The van der Waals surface area contributed by atoms with Crippen molar-refractivity contribution in [1.29, 1.82) is 0 Å². The molecule has 2 aromatic rings. The van der Waals surface area contributed by atoms with E-state index in [0.29, 0.717) is 16.8 Å². The van der Waals surface area contributed by atoms with Crippen LogP contribution in [0.25, 0.3) is 0 Å². The Morgan fingerprint density at radius 2 is 1.63 bits per heavy atom. The summed E-state index contributed by atoms with van der Waals surface area (Å²) in [6, 6.07) is 12.3. The lowest BCUT2D eigenvalue weighted by Crippen LogP contribution is -2.40. The molecule has 0 atom stereocenters. The van der Waals surface area contributed by atoms with Gasteiger partial charge in [-0.3, -0.25) is 18.8 Å². The maximum absolute atomic E-state index is 12.9. The van der Waals surface area contributed by atoms with E-state index in [1.54, 1.807) is 37.3 Å². The van der Waals surface area contributed by atoms with Gasteiger partial charge in [0.05, 0.1) is 22.6 Å². The van der Waals surface area contributed by atoms with Crippen LogP contribution in [-0.2, 0) is 10.0 Å². The molecule has 3 rings (SSSR count). The zero-order chi connectivity index (χ0) is 19.8. The number of hydrogen-bond acceptors (Lipinski definition) is 4. The minimum absolute atomic E-state index is 0.171. The molecule has 6 nitrogen and oxygen atoms in total. The summed E-state index contributed by atoms with van der Waals surface area (Å²) in [5.41, 5.74) is 3.00. The van der Waals surface area contributed by atoms with Crippen molar-refractivity contribution in [3.8, 4) is 0 Å². The Bertz CT molecular complexity index is 1010. The summed E-state index contributed by atoms with van der Waals surface area (Å²) >= 11 is 0. The number of carbonyl (C=O) groups is 2. The van der Waals surface area contributed by atoms with Crippen molar-refractivity contribution < 1.29 is 18.0 Å². The fourth-order valence-corrected chi connectivity index (χ4v) is 4.82. The molecule has 1 aliphatic heterocycles. The number of fused-ring (bicyclic) bond motifs is 1. The van der Waals surface area contributed by atoms with E-state index in [-0.39, 0.29) is 18.8 Å². The van der Waals surface area contributed by atoms with E-state index in [9.17, 15) is 18.0 Å². The molecule has 1 heterocycles. The quantitative estimate of drug-likeness (QED) is 0.716. The van der Waals surface area contributed by atoms with Crippen molar-refractivity contribution in [2.75, 3.05) is 23.1 Å². The molecule has 0 aromatic heterocycles. The van der Waals surface area contributed by atoms with Crippen LogP contribution < -0.4 is 4.31 Å². The van der Waals surface area contributed by atoms with Gasteiger partial charge in [0, 0.05) is 13.1 Å². The Morgan fingerprint density at radius 3 is 2.30 bits per heavy atom. The monoisotopic (exact) mass is 386 g/mol. The molecular formula is C20H22N2O4S. The van der Waals surface area contributed by atoms with Crippen LogP contribution in [0.3, 0.4) is 0 Å². The highest BCUT2D eigenvalue weighted by Crippen LogP contribution is 2.25. The number of carbonyl (C=O) groups excluding carboxylic acids is 2. The van der Waals surface area contributed by atoms with Gasteiger partial charge in [-0.2, -0.15) is 0 Å². The second-order valence-corrected chi connectivity index (χ2v) is 8.59. The highest BCUT2D eigenvalue weighted by molar-refractivity contribution is 7.92. The largest absolute Gasteiger partial charge is 0.273 e. The maximum atomic E-state index is 12.9. The van der Waals surface area contributed by atoms with E-state index < -0.39 is 21.8 Å². The number of imide groups is 1. The molecule has 0 aliphatic carbocycles. The van der Waals surface area contributed by atoms with Crippen molar-refractivity contribution in [2.24, 2.45) is 0 Å². The summed E-state index contributed by atoms with van der Waals surface area (Å²) in [6.07, 6.45) is 0. The number of amides is 2. The number of para-hydroxylation sites is 1. The lowest BCUT2D eigenvalue weighted by molar-refractivity contribution is 0.0664. The normalized spacial score (nSPS) is 13.8. The molecule has 7 heteroatoms. The minimum Gasteiger partial charge on any atom is -0.273 e. The van der Waals surface area contributed by atoms with Gasteiger partial charge in [-0.25, -0.2) is 8.42 Å². The van der Waals surface area contributed by atoms with Gasteiger partial charge in [0.25, 0.3) is 11.8 Å². The number of nitrogens with zero attached hydrogens (tertiary/aromatic N) is 2. The molecule has 142 valence electrons. The van der Waals surface area contributed by atoms with Crippen LogP contribution >= 0.6 is 0 Å². The average Bonchev–Trinajstić information content (AvgIpc) is 2.85. The molecule has 0 spiro atoms. The van der Waals surface area contributed by atoms with Gasteiger partial charge in [0.15, 0.2) is 0 Å². The molecule has 2 amide bonds. The van der Waals surface area contributed by atoms with Crippen LogP contribution in [0, 0.1) is 13.8 Å². The third-order valence-electron chi connectivity index (χ3n) is 4.71. The van der Waals surface area contributed by atoms with Crippen molar-refractivity contribution >= 4 is 27.5 Å². The first kappa shape index (κ1) is 19.1. The first-order valence-electron chi connectivity index (χ1n) is 8.79. The van der Waals surface area contributed by atoms with E-state index >= 15 is 0 Å². The molecule has 0 N–H and O–H groups in total. The average molecular weight is 386 g/mol. The summed E-state index contributed by atoms with van der Waals surface area (Å²) in [4.78, 5) is 26.1. The number of sulfonamides is 1. The molecule has 1 aliphatic rings. The van der Waals surface area contributed by atoms with Gasteiger partial charge in [0.2, 0.25) is 10.0 Å². The number of benzene rings is 2. The highest BCUT2D eigenvalue weighted by Gasteiger charge is 2.36. The Morgan fingerprint density at radius 1 is 0.963 bits per heavy atom. The topological polar surface area (TPSA) is 74.8 Å². The molecule has 0 saturated heterocycles. The second kappa shape index (κ2) is 7.15. The van der Waals surface area contributed by atoms with Crippen molar-refractivity contribution in [3.63, 3.8) is 0 Å². The Balaban J connectivity index is 1.81. The summed E-state index contributed by atoms with van der Waals surface area (Å²) in [5.74, 6) is -1.20. The predicted octanol–water partition coefficient (Wildman–Crippen LogP) is 2.76. The fourth-order valence-electron chi connectivity index (χ4n) is 3.28. The molecule has 0 bridgehead atoms. The van der Waals surface area contributed by atoms with Crippen LogP contribution in [0.1, 0.15) is 38.8 Å². The molecule has 2 aromatic carbocycles. The van der Waals surface area contributed by atoms with E-state index in [1.165, 1.54) is 4.31 Å². The fraction of sp³-hybridized carbons (Fsp3) is 0.300. The van der Waals surface area contributed by atoms with Gasteiger partial charge in [-0.15, -0.1) is 0 Å². The SMILES string of the molecule is CCN(c1ccccc1C)S(=O)(=O)CCN1C(=O)c2ccc(C)cc2C1=O. The Kier molecular flexibility index (Phi) is 5.06. The minimum atomic E-state index is -3.69. The van der Waals surface area contributed by atoms with Crippen LogP contribution in [-0.4, -0.2) is 44.0 Å². The summed E-state index contributed by atoms with van der Waals surface area (Å²) in [7, 11) is -3.69. The summed E-state index contributed by atoms with van der Waals surface area (Å²) < 4.78 is 27.1. The first-order valence-corrected chi connectivity index (χ1v) is 10.4. The van der Waals surface area contributed by atoms with E-state index in [0.717, 1.165) is 16.0 Å². The second-order valence-electron chi connectivity index (χ2n) is 6.58. The number of anilines is 1. The van der Waals surface area contributed by atoms with Gasteiger partial charge in [-0.05, 0) is 44.5 Å². The molecule has 0 saturated carbocycles. The third-order valence-corrected chi connectivity index (χ3v) is 6.53. The number of aryl methyl sites for hydroxylation is 2. The van der Waals surface area contributed by atoms with E-state index in [2.05, 4.69) is 0 Å². The zero-order valence-corrected chi connectivity index (χ0v) is 16.4. The molecule has 0 unspecified atom stereocenters. The molecule has 0 radical (unpaired) electrons. The van der Waals surface area contributed by atoms with Crippen LogP contribution in [0.5, 0.6) is 0 Å². The van der Waals surface area contributed by atoms with Crippen molar-refractivity contribution in [1.82, 2.24) is 4.90 Å². The third kappa shape index (κ3) is 3.47. The predicted molar refractivity (Wildman–Crippen MR) is 105 cm³/mol. The van der Waals surface area contributed by atoms with Crippen LogP contribution in [0.4, 0.5) is 5.69 Å². The summed E-state index contributed by atoms with van der Waals surface area (Å²) in [5, 5.41) is 0. The maximum Gasteiger partial charge on any atom is 0.261 e. The smallest absolute Gasteiger partial charge is 0.261 e. The van der Waals surface area contributed by atoms with Crippen molar-refractivity contribution in [3.05, 3.63) is 64.7 Å². The van der Waals surface area contributed by atoms with Crippen molar-refractivity contribution in [2.45, 2.75) is 20.8 Å². The Labute approximate surface area is 159 Å².